The van der Waals surface area contributed by atoms with Gasteiger partial charge < -0.3 is 14.2 Å². The molecule has 2 unspecified atom stereocenters. The number of sulfonamides is 1. The summed E-state index contributed by atoms with van der Waals surface area (Å²) < 4.78 is 47.1. The Labute approximate surface area is 200 Å². The van der Waals surface area contributed by atoms with E-state index in [2.05, 4.69) is 4.72 Å². The summed E-state index contributed by atoms with van der Waals surface area (Å²) in [6.07, 6.45) is 3.38. The zero-order valence-electron chi connectivity index (χ0n) is 18.7. The lowest BCUT2D eigenvalue weighted by atomic mass is 9.84. The van der Waals surface area contributed by atoms with Crippen LogP contribution in [-0.4, -0.2) is 34.2 Å². The molecule has 4 bridgehead atoms. The van der Waals surface area contributed by atoms with Crippen molar-refractivity contribution in [2.24, 2.45) is 0 Å². The Morgan fingerprint density at radius 2 is 1.91 bits per heavy atom. The Hall–Kier alpha value is -2.58. The highest BCUT2D eigenvalue weighted by atomic mass is 32.2. The van der Waals surface area contributed by atoms with Crippen LogP contribution in [0.5, 0.6) is 5.75 Å². The molecule has 2 aromatic carbocycles. The molecular weight excluding hydrogens is 454 g/mol. The molecule has 2 fully saturated rings. The van der Waals surface area contributed by atoms with Crippen LogP contribution in [0, 0.1) is 6.92 Å². The summed E-state index contributed by atoms with van der Waals surface area (Å²) in [4.78, 5) is 12.9. The van der Waals surface area contributed by atoms with Gasteiger partial charge in [-0.1, -0.05) is 13.5 Å². The fourth-order valence-electron chi connectivity index (χ4n) is 5.19. The molecule has 0 radical (unpaired) electrons. The van der Waals surface area contributed by atoms with Gasteiger partial charge in [-0.3, -0.25) is 4.72 Å². The van der Waals surface area contributed by atoms with E-state index in [0.717, 1.165) is 53.5 Å². The molecule has 2 aromatic rings. The highest BCUT2D eigenvalue weighted by Crippen LogP contribution is 2.54. The summed E-state index contributed by atoms with van der Waals surface area (Å²) >= 11 is 0. The van der Waals surface area contributed by atoms with Gasteiger partial charge >= 0.3 is 5.97 Å². The summed E-state index contributed by atoms with van der Waals surface area (Å²) in [6, 6.07) is 7.63. The fourth-order valence-corrected chi connectivity index (χ4v) is 6.73. The van der Waals surface area contributed by atoms with Crippen LogP contribution >= 0.6 is 0 Å². The van der Waals surface area contributed by atoms with Crippen molar-refractivity contribution in [1.82, 2.24) is 0 Å². The maximum atomic E-state index is 13.5. The number of hydrogen-bond donors (Lipinski definition) is 1. The van der Waals surface area contributed by atoms with E-state index in [9.17, 15) is 13.2 Å². The van der Waals surface area contributed by atoms with E-state index >= 15 is 0 Å². The molecule has 0 aromatic heterocycles. The SMILES string of the molecule is C.COC(=O)C(OC1CC1)c1c(C)cc2c(C3CC3)c1-c1ccc3c(c1)C(CCO3)S(=O)(=O)N2. The molecule has 0 saturated heterocycles. The van der Waals surface area contributed by atoms with Gasteiger partial charge in [0.05, 0.1) is 25.5 Å². The van der Waals surface area contributed by atoms with Crippen LogP contribution < -0.4 is 9.46 Å². The molecule has 2 aliphatic heterocycles. The van der Waals surface area contributed by atoms with Gasteiger partial charge in [-0.25, -0.2) is 13.2 Å². The second-order valence-corrected chi connectivity index (χ2v) is 11.3. The number of carbonyl (C=O) groups is 1. The molecule has 34 heavy (non-hydrogen) atoms. The first-order chi connectivity index (χ1) is 15.9. The van der Waals surface area contributed by atoms with Crippen molar-refractivity contribution in [2.75, 3.05) is 18.4 Å². The van der Waals surface area contributed by atoms with Gasteiger partial charge in [0.1, 0.15) is 11.0 Å². The average molecular weight is 486 g/mol. The molecule has 2 aliphatic carbocycles. The number of anilines is 1. The van der Waals surface area contributed by atoms with E-state index in [-0.39, 0.29) is 19.4 Å². The van der Waals surface area contributed by atoms with Gasteiger partial charge in [0.2, 0.25) is 10.0 Å². The van der Waals surface area contributed by atoms with Crippen LogP contribution in [0.4, 0.5) is 5.69 Å². The molecule has 8 heteroatoms. The molecule has 7 nitrogen and oxygen atoms in total. The third-order valence-corrected chi connectivity index (χ3v) is 8.78. The van der Waals surface area contributed by atoms with Gasteiger partial charge in [-0.2, -0.15) is 0 Å². The molecule has 1 N–H and O–H groups in total. The quantitative estimate of drug-likeness (QED) is 0.589. The van der Waals surface area contributed by atoms with Crippen LogP contribution in [0.3, 0.4) is 0 Å². The molecule has 0 amide bonds. The van der Waals surface area contributed by atoms with E-state index in [1.165, 1.54) is 7.11 Å². The molecular formula is C26H31NO6S. The summed E-state index contributed by atoms with van der Waals surface area (Å²) in [7, 11) is -2.31. The predicted octanol–water partition coefficient (Wildman–Crippen LogP) is 5.15. The molecule has 4 aliphatic rings. The second kappa shape index (κ2) is 8.27. The summed E-state index contributed by atoms with van der Waals surface area (Å²) in [5, 5.41) is -0.689. The van der Waals surface area contributed by atoms with Crippen molar-refractivity contribution >= 4 is 21.7 Å². The van der Waals surface area contributed by atoms with Crippen molar-refractivity contribution in [3.05, 3.63) is 46.5 Å². The number of hydrogen-bond acceptors (Lipinski definition) is 6. The zero-order chi connectivity index (χ0) is 22.9. The lowest BCUT2D eigenvalue weighted by molar-refractivity contribution is -0.155. The van der Waals surface area contributed by atoms with Crippen molar-refractivity contribution in [3.8, 4) is 16.9 Å². The molecule has 0 spiro atoms. The van der Waals surface area contributed by atoms with Gasteiger partial charge in [-0.15, -0.1) is 0 Å². The first kappa shape index (κ1) is 23.2. The number of fused-ring (bicyclic) bond motifs is 4. The van der Waals surface area contributed by atoms with Gasteiger partial charge in [0, 0.05) is 17.5 Å². The summed E-state index contributed by atoms with van der Waals surface area (Å²) in [5.41, 5.74) is 5.58. The van der Waals surface area contributed by atoms with E-state index in [0.29, 0.717) is 30.0 Å². The molecule has 2 atom stereocenters. The minimum absolute atomic E-state index is 0. The average Bonchev–Trinajstić information content (AvgIpc) is 3.70. The highest BCUT2D eigenvalue weighted by molar-refractivity contribution is 7.93. The first-order valence-electron chi connectivity index (χ1n) is 11.6. The monoisotopic (exact) mass is 485 g/mol. The fraction of sp³-hybridized carbons (Fsp3) is 0.500. The zero-order valence-corrected chi connectivity index (χ0v) is 19.5. The lowest BCUT2D eigenvalue weighted by Crippen LogP contribution is -2.26. The van der Waals surface area contributed by atoms with Crippen LogP contribution in [0.15, 0.2) is 24.3 Å². The minimum Gasteiger partial charge on any atom is -0.493 e. The van der Waals surface area contributed by atoms with Crippen molar-refractivity contribution in [1.29, 1.82) is 0 Å². The largest absolute Gasteiger partial charge is 0.493 e. The van der Waals surface area contributed by atoms with E-state index in [1.54, 1.807) is 0 Å². The number of aryl methyl sites for hydroxylation is 1. The third-order valence-electron chi connectivity index (χ3n) is 7.04. The van der Waals surface area contributed by atoms with E-state index in [1.807, 2.05) is 31.2 Å². The predicted molar refractivity (Wildman–Crippen MR) is 130 cm³/mol. The van der Waals surface area contributed by atoms with E-state index < -0.39 is 27.3 Å². The highest BCUT2D eigenvalue weighted by Gasteiger charge is 2.41. The topological polar surface area (TPSA) is 90.9 Å². The Kier molecular flexibility index (Phi) is 5.64. The number of methoxy groups -OCH3 is 1. The van der Waals surface area contributed by atoms with E-state index in [4.69, 9.17) is 14.2 Å². The number of carbonyl (C=O) groups excluding carboxylic acids is 1. The van der Waals surface area contributed by atoms with Crippen LogP contribution in [-0.2, 0) is 24.3 Å². The van der Waals surface area contributed by atoms with Crippen LogP contribution in [0.2, 0.25) is 0 Å². The van der Waals surface area contributed by atoms with Gasteiger partial charge in [-0.05, 0) is 79.0 Å². The van der Waals surface area contributed by atoms with Crippen LogP contribution in [0.1, 0.15) is 79.1 Å². The van der Waals surface area contributed by atoms with Gasteiger partial charge in [0.25, 0.3) is 0 Å². The Bertz CT molecular complexity index is 1260. The maximum Gasteiger partial charge on any atom is 0.339 e. The summed E-state index contributed by atoms with van der Waals surface area (Å²) in [6.45, 7) is 2.26. The molecule has 2 saturated carbocycles. The second-order valence-electron chi connectivity index (χ2n) is 9.48. The first-order valence-corrected chi connectivity index (χ1v) is 13.1. The number of benzene rings is 2. The standard InChI is InChI=1S/C25H27NO6S.CH4/c1-13-11-18-22(14-3-4-14)23(21(13)24(25(27)30-2)32-16-6-7-16)15-5-8-19-17(12-15)20(9-10-31-19)33(28,29)26-18;/h5,8,11-12,14,16,20,24,26H,3-4,6-7,9-10H2,1-2H3;1H4. The minimum atomic E-state index is -3.68. The van der Waals surface area contributed by atoms with Crippen molar-refractivity contribution in [3.63, 3.8) is 0 Å². The lowest BCUT2D eigenvalue weighted by Gasteiger charge is -2.26. The van der Waals surface area contributed by atoms with Crippen LogP contribution in [0.25, 0.3) is 11.1 Å². The molecule has 182 valence electrons. The third kappa shape index (κ3) is 3.77. The molecule has 6 rings (SSSR count). The Morgan fingerprint density at radius 3 is 2.59 bits per heavy atom. The van der Waals surface area contributed by atoms with Gasteiger partial charge in [0.15, 0.2) is 6.10 Å². The number of ether oxygens (including phenoxy) is 3. The Morgan fingerprint density at radius 1 is 1.15 bits per heavy atom. The van der Waals surface area contributed by atoms with Crippen molar-refractivity contribution < 1.29 is 27.4 Å². The maximum absolute atomic E-state index is 13.5. The van der Waals surface area contributed by atoms with Crippen molar-refractivity contribution in [2.45, 2.75) is 69.8 Å². The number of esters is 1. The normalized spacial score (nSPS) is 22.6. The number of rotatable bonds is 5. The Balaban J connectivity index is 0.00000241. The smallest absolute Gasteiger partial charge is 0.339 e. The molecule has 2 heterocycles. The number of nitrogens with one attached hydrogen (secondary N) is 1. The summed E-state index contributed by atoms with van der Waals surface area (Å²) in [5.74, 6) is 0.396.